The number of hydrogen-bond donors (Lipinski definition) is 2. The van der Waals surface area contributed by atoms with Crippen LogP contribution in [0.3, 0.4) is 0 Å². The summed E-state index contributed by atoms with van der Waals surface area (Å²) >= 11 is 17.9. The van der Waals surface area contributed by atoms with E-state index in [1.54, 1.807) is 19.1 Å². The summed E-state index contributed by atoms with van der Waals surface area (Å²) in [5, 5.41) is 18.7. The molecule has 1 aliphatic rings. The van der Waals surface area contributed by atoms with Gasteiger partial charge in [-0.1, -0.05) is 11.6 Å². The van der Waals surface area contributed by atoms with Crippen molar-refractivity contribution in [2.24, 2.45) is 15.6 Å². The molecule has 1 aromatic carbocycles. The summed E-state index contributed by atoms with van der Waals surface area (Å²) < 4.78 is -1.10. The third kappa shape index (κ3) is 2.19. The topological polar surface area (TPSA) is 77.8 Å². The van der Waals surface area contributed by atoms with E-state index in [-0.39, 0.29) is 11.6 Å². The highest BCUT2D eigenvalue weighted by Gasteiger charge is 2.68. The number of aromatic hydroxyl groups is 1. The zero-order chi connectivity index (χ0) is 16.3. The van der Waals surface area contributed by atoms with Crippen LogP contribution in [-0.2, 0) is 4.79 Å². The molecule has 1 amide bonds. The average molecular weight is 361 g/mol. The summed E-state index contributed by atoms with van der Waals surface area (Å²) in [4.78, 5) is 14.8. The van der Waals surface area contributed by atoms with Gasteiger partial charge in [0.25, 0.3) is 5.91 Å². The number of rotatable bonds is 2. The van der Waals surface area contributed by atoms with Crippen molar-refractivity contribution < 1.29 is 9.90 Å². The van der Waals surface area contributed by atoms with Gasteiger partial charge in [0.05, 0.1) is 10.9 Å². The van der Waals surface area contributed by atoms with Gasteiger partial charge in [-0.25, -0.2) is 0 Å². The second kappa shape index (κ2) is 4.85. The van der Waals surface area contributed by atoms with E-state index in [2.05, 4.69) is 15.2 Å². The lowest BCUT2D eigenvalue weighted by atomic mass is 10.1. The molecule has 1 saturated carbocycles. The van der Waals surface area contributed by atoms with E-state index >= 15 is 0 Å². The van der Waals surface area contributed by atoms with Gasteiger partial charge in [0.2, 0.25) is 5.88 Å². The molecule has 1 atom stereocenters. The van der Waals surface area contributed by atoms with Gasteiger partial charge in [-0.05, 0) is 38.0 Å². The van der Waals surface area contributed by atoms with Crippen LogP contribution in [0, 0.1) is 12.3 Å². The minimum absolute atomic E-state index is 0.180. The van der Waals surface area contributed by atoms with E-state index in [0.717, 1.165) is 5.56 Å². The van der Waals surface area contributed by atoms with Crippen LogP contribution in [0.25, 0.3) is 10.9 Å². The van der Waals surface area contributed by atoms with Crippen LogP contribution in [-0.4, -0.2) is 20.3 Å². The molecule has 1 unspecified atom stereocenters. The molecule has 22 heavy (non-hydrogen) atoms. The Morgan fingerprint density at radius 3 is 2.64 bits per heavy atom. The number of azo groups is 1. The molecule has 2 aromatic rings. The fraction of sp³-hybridized carbons (Fsp3) is 0.357. The highest BCUT2D eigenvalue weighted by molar-refractivity contribution is 6.53. The monoisotopic (exact) mass is 359 g/mol. The molecule has 1 fully saturated rings. The van der Waals surface area contributed by atoms with Crippen molar-refractivity contribution in [1.82, 2.24) is 4.98 Å². The van der Waals surface area contributed by atoms with Gasteiger partial charge in [0, 0.05) is 10.4 Å². The third-order valence-corrected chi connectivity index (χ3v) is 5.60. The minimum atomic E-state index is -1.10. The lowest BCUT2D eigenvalue weighted by Gasteiger charge is -2.04. The molecule has 0 saturated heterocycles. The highest BCUT2D eigenvalue weighted by atomic mass is 35.5. The maximum absolute atomic E-state index is 12.1. The number of amides is 1. The largest absolute Gasteiger partial charge is 0.493 e. The van der Waals surface area contributed by atoms with E-state index < -0.39 is 15.7 Å². The summed E-state index contributed by atoms with van der Waals surface area (Å²) in [7, 11) is 0. The van der Waals surface area contributed by atoms with Crippen molar-refractivity contribution in [1.29, 1.82) is 0 Å². The number of aryl methyl sites for hydroxylation is 1. The lowest BCUT2D eigenvalue weighted by molar-refractivity contribution is -0.122. The van der Waals surface area contributed by atoms with E-state index in [9.17, 15) is 9.90 Å². The number of aromatic nitrogens is 1. The van der Waals surface area contributed by atoms with Crippen molar-refractivity contribution in [3.63, 3.8) is 0 Å². The van der Waals surface area contributed by atoms with Gasteiger partial charge < -0.3 is 10.1 Å². The molecule has 5 nitrogen and oxygen atoms in total. The summed E-state index contributed by atoms with van der Waals surface area (Å²) in [6.45, 7) is 3.45. The number of halogens is 3. The third-order valence-electron chi connectivity index (χ3n) is 4.09. The standard InChI is InChI=1S/C14H12Cl3N3O2/c1-6-8(15)4-3-7-9(6)18-11(21)10(7)19-20-12(22)13(2)5-14(13,16)17/h3-4,18,21H,5H2,1-2H3. The van der Waals surface area contributed by atoms with Crippen molar-refractivity contribution in [2.75, 3.05) is 0 Å². The Kier molecular flexibility index (Phi) is 3.43. The van der Waals surface area contributed by atoms with Crippen LogP contribution in [0.15, 0.2) is 22.4 Å². The molecule has 0 spiro atoms. The Hall–Kier alpha value is -1.30. The van der Waals surface area contributed by atoms with Crippen molar-refractivity contribution in [2.45, 2.75) is 24.6 Å². The van der Waals surface area contributed by atoms with Crippen LogP contribution in [0.2, 0.25) is 5.02 Å². The Labute approximate surface area is 141 Å². The lowest BCUT2D eigenvalue weighted by Crippen LogP contribution is -2.15. The molecule has 8 heteroatoms. The number of nitrogens with one attached hydrogen (secondary N) is 1. The first kappa shape index (κ1) is 15.6. The van der Waals surface area contributed by atoms with Crippen molar-refractivity contribution in [3.05, 3.63) is 22.7 Å². The summed E-state index contributed by atoms with van der Waals surface area (Å²) in [6, 6.07) is 3.39. The number of aromatic amines is 1. The summed E-state index contributed by atoms with van der Waals surface area (Å²) in [5.41, 5.74) is 0.674. The first-order valence-corrected chi connectivity index (χ1v) is 7.64. The first-order chi connectivity index (χ1) is 10.2. The summed E-state index contributed by atoms with van der Waals surface area (Å²) in [5.74, 6) is -0.696. The van der Waals surface area contributed by atoms with Crippen molar-refractivity contribution >= 4 is 57.3 Å². The Balaban J connectivity index is 1.98. The van der Waals surface area contributed by atoms with Crippen molar-refractivity contribution in [3.8, 4) is 5.88 Å². The predicted molar refractivity (Wildman–Crippen MR) is 86.4 cm³/mol. The molecule has 1 heterocycles. The quantitative estimate of drug-likeness (QED) is 0.582. The molecule has 3 rings (SSSR count). The number of fused-ring (bicyclic) bond motifs is 1. The van der Waals surface area contributed by atoms with Crippen LogP contribution in [0.5, 0.6) is 5.88 Å². The SMILES string of the molecule is Cc1c(Cl)ccc2c(N=NC(=O)C3(C)CC3(Cl)Cl)c(O)[nH]c12. The molecule has 1 aromatic heterocycles. The summed E-state index contributed by atoms with van der Waals surface area (Å²) in [6.07, 6.45) is 0.329. The van der Waals surface area contributed by atoms with Crippen LogP contribution < -0.4 is 0 Å². The molecular weight excluding hydrogens is 349 g/mol. The van der Waals surface area contributed by atoms with Crippen LogP contribution in [0.1, 0.15) is 18.9 Å². The molecule has 0 aliphatic heterocycles. The molecule has 2 N–H and O–H groups in total. The van der Waals surface area contributed by atoms with E-state index in [4.69, 9.17) is 34.8 Å². The van der Waals surface area contributed by atoms with Gasteiger partial charge in [-0.3, -0.25) is 4.79 Å². The highest BCUT2D eigenvalue weighted by Crippen LogP contribution is 2.64. The van der Waals surface area contributed by atoms with E-state index in [1.165, 1.54) is 0 Å². The predicted octanol–water partition coefficient (Wildman–Crippen LogP) is 5.03. The number of alkyl halides is 2. The number of carbonyl (C=O) groups excluding carboxylic acids is 1. The Morgan fingerprint density at radius 1 is 1.41 bits per heavy atom. The fourth-order valence-electron chi connectivity index (χ4n) is 2.29. The molecular formula is C14H12Cl3N3O2. The van der Waals surface area contributed by atoms with Gasteiger partial charge in [-0.2, -0.15) is 0 Å². The maximum Gasteiger partial charge on any atom is 0.273 e. The van der Waals surface area contributed by atoms with Gasteiger partial charge in [0.1, 0.15) is 4.33 Å². The molecule has 0 radical (unpaired) electrons. The second-order valence-corrected chi connectivity index (χ2v) is 7.53. The van der Waals surface area contributed by atoms with Crippen LogP contribution in [0.4, 0.5) is 5.69 Å². The average Bonchev–Trinajstić information content (AvgIpc) is 2.81. The van der Waals surface area contributed by atoms with E-state index in [1.807, 2.05) is 6.92 Å². The second-order valence-electron chi connectivity index (χ2n) is 5.64. The van der Waals surface area contributed by atoms with E-state index in [0.29, 0.717) is 22.3 Å². The van der Waals surface area contributed by atoms with Crippen LogP contribution >= 0.6 is 34.8 Å². The number of nitrogens with zero attached hydrogens (tertiary/aromatic N) is 2. The fourth-order valence-corrected chi connectivity index (χ4v) is 3.14. The molecule has 116 valence electrons. The zero-order valence-electron chi connectivity index (χ0n) is 11.7. The van der Waals surface area contributed by atoms with Gasteiger partial charge in [-0.15, -0.1) is 33.4 Å². The Bertz CT molecular complexity index is 828. The number of H-pyrrole nitrogens is 1. The first-order valence-electron chi connectivity index (χ1n) is 6.51. The number of benzene rings is 1. The Morgan fingerprint density at radius 2 is 2.05 bits per heavy atom. The molecule has 1 aliphatic carbocycles. The molecule has 0 bridgehead atoms. The van der Waals surface area contributed by atoms with Gasteiger partial charge in [0.15, 0.2) is 5.69 Å². The van der Waals surface area contributed by atoms with Gasteiger partial charge >= 0.3 is 0 Å². The number of hydrogen-bond acceptors (Lipinski definition) is 3. The normalized spacial score (nSPS) is 23.3. The smallest absolute Gasteiger partial charge is 0.273 e. The zero-order valence-corrected chi connectivity index (χ0v) is 14.0. The maximum atomic E-state index is 12.1. The number of carbonyl (C=O) groups is 1. The minimum Gasteiger partial charge on any atom is -0.493 e.